The van der Waals surface area contributed by atoms with E-state index in [2.05, 4.69) is 5.32 Å². The molecule has 0 aliphatic carbocycles. The quantitative estimate of drug-likeness (QED) is 0.902. The molecule has 4 nitrogen and oxygen atoms in total. The molecule has 1 heterocycles. The monoisotopic (exact) mass is 262 g/mol. The first-order chi connectivity index (χ1) is 9.11. The van der Waals surface area contributed by atoms with Crippen LogP contribution in [0.1, 0.15) is 24.5 Å². The van der Waals surface area contributed by atoms with Gasteiger partial charge in [-0.3, -0.25) is 4.79 Å². The number of hydrogen-bond donors (Lipinski definition) is 1. The van der Waals surface area contributed by atoms with E-state index in [1.54, 1.807) is 0 Å². The summed E-state index contributed by atoms with van der Waals surface area (Å²) in [5, 5.41) is 11.3. The maximum Gasteiger partial charge on any atom is 0.249 e. The number of carbonyl (C=O) groups excluding carboxylic acids is 1. The first-order valence-corrected chi connectivity index (χ1v) is 6.19. The highest BCUT2D eigenvalue weighted by atomic mass is 19.1. The Morgan fingerprint density at radius 2 is 2.42 bits per heavy atom. The van der Waals surface area contributed by atoms with Gasteiger partial charge < -0.3 is 10.1 Å². The van der Waals surface area contributed by atoms with Crippen LogP contribution >= 0.6 is 0 Å². The van der Waals surface area contributed by atoms with Crippen molar-refractivity contribution >= 4 is 5.91 Å². The molecule has 1 aromatic carbocycles. The predicted molar refractivity (Wildman–Crippen MR) is 66.5 cm³/mol. The van der Waals surface area contributed by atoms with Gasteiger partial charge in [0.15, 0.2) is 0 Å². The Kier molecular flexibility index (Phi) is 4.13. The molecule has 0 aromatic heterocycles. The maximum atomic E-state index is 13.6. The second-order valence-electron chi connectivity index (χ2n) is 4.69. The van der Waals surface area contributed by atoms with Crippen LogP contribution in [0.25, 0.3) is 0 Å². The topological polar surface area (TPSA) is 62.1 Å². The predicted octanol–water partition coefficient (Wildman–Crippen LogP) is 1.74. The fraction of sp³-hybridized carbons (Fsp3) is 0.429. The molecule has 0 spiro atoms. The van der Waals surface area contributed by atoms with Gasteiger partial charge in [-0.1, -0.05) is 13.0 Å². The van der Waals surface area contributed by atoms with Gasteiger partial charge >= 0.3 is 0 Å². The van der Waals surface area contributed by atoms with Crippen LogP contribution < -0.4 is 5.32 Å². The Morgan fingerprint density at radius 1 is 1.63 bits per heavy atom. The second kappa shape index (κ2) is 5.81. The molecule has 1 fully saturated rings. The van der Waals surface area contributed by atoms with Crippen molar-refractivity contribution in [3.8, 4) is 6.07 Å². The van der Waals surface area contributed by atoms with Gasteiger partial charge in [0.05, 0.1) is 11.6 Å². The SMILES string of the molecule is CC1CCOC1C(=O)NCc1ccc(C#N)cc1F. The van der Waals surface area contributed by atoms with E-state index in [9.17, 15) is 9.18 Å². The van der Waals surface area contributed by atoms with Crippen LogP contribution in [0.2, 0.25) is 0 Å². The van der Waals surface area contributed by atoms with Crippen molar-refractivity contribution < 1.29 is 13.9 Å². The summed E-state index contributed by atoms with van der Waals surface area (Å²) in [5.41, 5.74) is 0.623. The molecular weight excluding hydrogens is 247 g/mol. The number of hydrogen-bond acceptors (Lipinski definition) is 3. The summed E-state index contributed by atoms with van der Waals surface area (Å²) in [6, 6.07) is 6.06. The molecule has 1 N–H and O–H groups in total. The smallest absolute Gasteiger partial charge is 0.249 e. The van der Waals surface area contributed by atoms with Crippen LogP contribution in [-0.4, -0.2) is 18.6 Å². The minimum Gasteiger partial charge on any atom is -0.368 e. The Hall–Kier alpha value is -1.93. The van der Waals surface area contributed by atoms with E-state index in [0.29, 0.717) is 12.2 Å². The fourth-order valence-corrected chi connectivity index (χ4v) is 2.07. The molecule has 100 valence electrons. The zero-order valence-electron chi connectivity index (χ0n) is 10.6. The highest BCUT2D eigenvalue weighted by Gasteiger charge is 2.30. The summed E-state index contributed by atoms with van der Waals surface area (Å²) in [6.07, 6.45) is 0.421. The second-order valence-corrected chi connectivity index (χ2v) is 4.69. The third-order valence-electron chi connectivity index (χ3n) is 3.28. The normalized spacial score (nSPS) is 21.9. The molecule has 2 rings (SSSR count). The number of rotatable bonds is 3. The van der Waals surface area contributed by atoms with Gasteiger partial charge in [-0.15, -0.1) is 0 Å². The number of nitrogens with one attached hydrogen (secondary N) is 1. The van der Waals surface area contributed by atoms with E-state index in [1.807, 2.05) is 13.0 Å². The van der Waals surface area contributed by atoms with Crippen LogP contribution in [0.5, 0.6) is 0 Å². The average molecular weight is 262 g/mol. The largest absolute Gasteiger partial charge is 0.368 e. The molecule has 0 bridgehead atoms. The zero-order chi connectivity index (χ0) is 13.8. The van der Waals surface area contributed by atoms with Crippen LogP contribution in [0.4, 0.5) is 4.39 Å². The first kappa shape index (κ1) is 13.5. The molecule has 19 heavy (non-hydrogen) atoms. The zero-order valence-corrected chi connectivity index (χ0v) is 10.6. The number of carbonyl (C=O) groups is 1. The third kappa shape index (κ3) is 3.09. The van der Waals surface area contributed by atoms with Gasteiger partial charge in [0.2, 0.25) is 5.91 Å². The number of halogens is 1. The molecule has 1 aliphatic rings. The van der Waals surface area contributed by atoms with E-state index < -0.39 is 11.9 Å². The summed E-state index contributed by atoms with van der Waals surface area (Å²) in [4.78, 5) is 11.9. The van der Waals surface area contributed by atoms with Crippen molar-refractivity contribution in [3.05, 3.63) is 35.1 Å². The fourth-order valence-electron chi connectivity index (χ4n) is 2.07. The van der Waals surface area contributed by atoms with E-state index >= 15 is 0 Å². The number of ether oxygens (including phenoxy) is 1. The molecule has 5 heteroatoms. The van der Waals surface area contributed by atoms with E-state index in [-0.39, 0.29) is 23.9 Å². The minimum atomic E-state index is -0.486. The Labute approximate surface area is 111 Å². The van der Waals surface area contributed by atoms with Crippen molar-refractivity contribution in [2.45, 2.75) is 26.0 Å². The summed E-state index contributed by atoms with van der Waals surface area (Å²) in [6.45, 7) is 2.65. The first-order valence-electron chi connectivity index (χ1n) is 6.19. The molecule has 1 aromatic rings. The maximum absolute atomic E-state index is 13.6. The van der Waals surface area contributed by atoms with Crippen molar-refractivity contribution in [2.75, 3.05) is 6.61 Å². The molecule has 2 unspecified atom stereocenters. The van der Waals surface area contributed by atoms with Gasteiger partial charge in [-0.05, 0) is 24.5 Å². The van der Waals surface area contributed by atoms with Crippen LogP contribution in [0, 0.1) is 23.1 Å². The van der Waals surface area contributed by atoms with Crippen molar-refractivity contribution in [1.82, 2.24) is 5.32 Å². The molecule has 0 saturated carbocycles. The Morgan fingerprint density at radius 3 is 3.00 bits per heavy atom. The summed E-state index contributed by atoms with van der Waals surface area (Å²) < 4.78 is 18.9. The summed E-state index contributed by atoms with van der Waals surface area (Å²) >= 11 is 0. The lowest BCUT2D eigenvalue weighted by Crippen LogP contribution is -2.36. The summed E-state index contributed by atoms with van der Waals surface area (Å²) in [7, 11) is 0. The standard InChI is InChI=1S/C14H15FN2O2/c1-9-4-5-19-13(9)14(18)17-8-11-3-2-10(7-16)6-12(11)15/h2-3,6,9,13H,4-5,8H2,1H3,(H,17,18). The molecule has 1 amide bonds. The lowest BCUT2D eigenvalue weighted by molar-refractivity contribution is -0.131. The molecular formula is C14H15FN2O2. The van der Waals surface area contributed by atoms with Crippen LogP contribution in [0.15, 0.2) is 18.2 Å². The lowest BCUT2D eigenvalue weighted by Gasteiger charge is -2.14. The van der Waals surface area contributed by atoms with Crippen molar-refractivity contribution in [3.63, 3.8) is 0 Å². The molecule has 1 aliphatic heterocycles. The molecule has 2 atom stereocenters. The van der Waals surface area contributed by atoms with Crippen LogP contribution in [0.3, 0.4) is 0 Å². The van der Waals surface area contributed by atoms with Gasteiger partial charge in [0.25, 0.3) is 0 Å². The molecule has 1 saturated heterocycles. The number of amides is 1. The van der Waals surface area contributed by atoms with Crippen molar-refractivity contribution in [1.29, 1.82) is 5.26 Å². The van der Waals surface area contributed by atoms with Gasteiger partial charge in [-0.25, -0.2) is 4.39 Å². The summed E-state index contributed by atoms with van der Waals surface area (Å²) in [5.74, 6) is -0.515. The lowest BCUT2D eigenvalue weighted by atomic mass is 10.0. The van der Waals surface area contributed by atoms with E-state index in [1.165, 1.54) is 12.1 Å². The Balaban J connectivity index is 1.95. The average Bonchev–Trinajstić information content (AvgIpc) is 2.83. The van der Waals surface area contributed by atoms with Gasteiger partial charge in [-0.2, -0.15) is 5.26 Å². The third-order valence-corrected chi connectivity index (χ3v) is 3.28. The van der Waals surface area contributed by atoms with Crippen molar-refractivity contribution in [2.24, 2.45) is 5.92 Å². The highest BCUT2D eigenvalue weighted by Crippen LogP contribution is 2.20. The minimum absolute atomic E-state index is 0.100. The Bertz CT molecular complexity index is 525. The number of benzene rings is 1. The van der Waals surface area contributed by atoms with Gasteiger partial charge in [0.1, 0.15) is 11.9 Å². The van der Waals surface area contributed by atoms with Gasteiger partial charge in [0, 0.05) is 18.7 Å². The van der Waals surface area contributed by atoms with E-state index in [4.69, 9.17) is 10.00 Å². The molecule has 0 radical (unpaired) electrons. The highest BCUT2D eigenvalue weighted by molar-refractivity contribution is 5.81. The van der Waals surface area contributed by atoms with E-state index in [0.717, 1.165) is 12.5 Å². The van der Waals surface area contributed by atoms with Crippen LogP contribution in [-0.2, 0) is 16.1 Å². The number of nitriles is 1. The number of nitrogens with zero attached hydrogens (tertiary/aromatic N) is 1.